The molecule has 2 aromatic heterocycles. The highest BCUT2D eigenvalue weighted by atomic mass is 79.9. The number of fused-ring (bicyclic) bond motifs is 1. The summed E-state index contributed by atoms with van der Waals surface area (Å²) >= 11 is 3.39. The number of hydrogen-bond acceptors (Lipinski definition) is 5. The Morgan fingerprint density at radius 3 is 2.69 bits per heavy atom. The van der Waals surface area contributed by atoms with Gasteiger partial charge in [-0.15, -0.1) is 0 Å². The highest BCUT2D eigenvalue weighted by Crippen LogP contribution is 2.23. The van der Waals surface area contributed by atoms with Crippen molar-refractivity contribution < 1.29 is 9.53 Å². The molecule has 0 fully saturated rings. The van der Waals surface area contributed by atoms with E-state index >= 15 is 0 Å². The summed E-state index contributed by atoms with van der Waals surface area (Å²) in [6, 6.07) is 17.9. The molecule has 1 N–H and O–H groups in total. The number of ether oxygens (including phenoxy) is 1. The van der Waals surface area contributed by atoms with Gasteiger partial charge < -0.3 is 10.1 Å². The van der Waals surface area contributed by atoms with E-state index in [1.807, 2.05) is 30.3 Å². The smallest absolute Gasteiger partial charge is 0.269 e. The van der Waals surface area contributed by atoms with Crippen molar-refractivity contribution in [3.63, 3.8) is 0 Å². The molecule has 0 saturated heterocycles. The fraction of sp³-hybridized carbons (Fsp3) is 0.0476. The van der Waals surface area contributed by atoms with Gasteiger partial charge in [-0.05, 0) is 36.4 Å². The summed E-state index contributed by atoms with van der Waals surface area (Å²) in [7, 11) is 0. The van der Waals surface area contributed by atoms with Gasteiger partial charge in [0.1, 0.15) is 12.3 Å². The maximum Gasteiger partial charge on any atom is 0.269 e. The number of nitrogens with zero attached hydrogens (tertiary/aromatic N) is 3. The lowest BCUT2D eigenvalue weighted by Gasteiger charge is -2.10. The molecule has 29 heavy (non-hydrogen) atoms. The summed E-state index contributed by atoms with van der Waals surface area (Å²) in [5.74, 6) is 0.705. The number of anilines is 1. The number of carbonyl (C=O) groups is 1. The second kappa shape index (κ2) is 8.24. The number of aromatic nitrogens is 3. The van der Waals surface area contributed by atoms with Gasteiger partial charge in [0.25, 0.3) is 5.56 Å². The largest absolute Gasteiger partial charge is 0.439 e. The summed E-state index contributed by atoms with van der Waals surface area (Å²) in [5.41, 5.74) is 1.42. The van der Waals surface area contributed by atoms with Crippen molar-refractivity contribution in [3.8, 4) is 11.6 Å². The van der Waals surface area contributed by atoms with Crippen LogP contribution in [0.4, 0.5) is 5.69 Å². The molecule has 0 atom stereocenters. The Hall–Kier alpha value is -3.52. The average Bonchev–Trinajstić information content (AvgIpc) is 2.72. The van der Waals surface area contributed by atoms with E-state index in [4.69, 9.17) is 4.74 Å². The monoisotopic (exact) mass is 450 g/mol. The topological polar surface area (TPSA) is 86.1 Å². The van der Waals surface area contributed by atoms with Crippen molar-refractivity contribution in [1.82, 2.24) is 14.5 Å². The van der Waals surface area contributed by atoms with Crippen LogP contribution in [0, 0.1) is 0 Å². The minimum atomic E-state index is -0.342. The fourth-order valence-electron chi connectivity index (χ4n) is 2.79. The Bertz CT molecular complexity index is 1240. The molecule has 0 aliphatic heterocycles. The third-order valence-corrected chi connectivity index (χ3v) is 4.59. The van der Waals surface area contributed by atoms with Crippen molar-refractivity contribution in [2.24, 2.45) is 0 Å². The van der Waals surface area contributed by atoms with Crippen LogP contribution in [0.5, 0.6) is 11.6 Å². The maximum atomic E-state index is 12.4. The second-order valence-corrected chi connectivity index (χ2v) is 7.08. The number of carbonyl (C=O) groups excluding carboxylic acids is 1. The molecule has 0 saturated carbocycles. The predicted octanol–water partition coefficient (Wildman–Crippen LogP) is 3.99. The average molecular weight is 451 g/mol. The van der Waals surface area contributed by atoms with Crippen LogP contribution in [0.25, 0.3) is 11.0 Å². The molecule has 0 radical (unpaired) electrons. The standard InChI is InChI=1S/C21H15BrN4O3/c22-14-4-3-5-16(10-14)29-20-9-8-15(11-24-20)25-19(27)13-26-18-7-2-1-6-17(18)23-12-21(26)28/h1-12H,13H2,(H,25,27). The second-order valence-electron chi connectivity index (χ2n) is 6.16. The highest BCUT2D eigenvalue weighted by Gasteiger charge is 2.10. The summed E-state index contributed by atoms with van der Waals surface area (Å²) < 4.78 is 7.96. The van der Waals surface area contributed by atoms with Gasteiger partial charge in [-0.3, -0.25) is 14.2 Å². The maximum absolute atomic E-state index is 12.4. The highest BCUT2D eigenvalue weighted by molar-refractivity contribution is 9.10. The Kier molecular flexibility index (Phi) is 5.35. The third kappa shape index (κ3) is 4.49. The molecule has 0 aliphatic rings. The zero-order chi connectivity index (χ0) is 20.2. The van der Waals surface area contributed by atoms with E-state index in [9.17, 15) is 9.59 Å². The van der Waals surface area contributed by atoms with Crippen LogP contribution >= 0.6 is 15.9 Å². The molecular weight excluding hydrogens is 436 g/mol. The molecule has 8 heteroatoms. The van der Waals surface area contributed by atoms with Gasteiger partial charge in [-0.2, -0.15) is 0 Å². The Morgan fingerprint density at radius 1 is 1.03 bits per heavy atom. The van der Waals surface area contributed by atoms with Crippen LogP contribution in [0.15, 0.2) is 82.3 Å². The lowest BCUT2D eigenvalue weighted by molar-refractivity contribution is -0.116. The van der Waals surface area contributed by atoms with Crippen LogP contribution in [0.2, 0.25) is 0 Å². The molecule has 4 rings (SSSR count). The predicted molar refractivity (Wildman–Crippen MR) is 113 cm³/mol. The van der Waals surface area contributed by atoms with E-state index in [1.54, 1.807) is 30.3 Å². The summed E-state index contributed by atoms with van der Waals surface area (Å²) in [6.07, 6.45) is 2.71. The van der Waals surface area contributed by atoms with Gasteiger partial charge in [0.2, 0.25) is 11.8 Å². The molecule has 0 unspecified atom stereocenters. The van der Waals surface area contributed by atoms with Crippen LogP contribution in [-0.4, -0.2) is 20.4 Å². The van der Waals surface area contributed by atoms with E-state index in [0.717, 1.165) is 4.47 Å². The molecule has 7 nitrogen and oxygen atoms in total. The van der Waals surface area contributed by atoms with E-state index in [2.05, 4.69) is 31.2 Å². The molecule has 0 aliphatic carbocycles. The minimum absolute atomic E-state index is 0.127. The number of hydrogen-bond donors (Lipinski definition) is 1. The molecule has 0 bridgehead atoms. The van der Waals surface area contributed by atoms with Crippen molar-refractivity contribution in [2.75, 3.05) is 5.32 Å². The van der Waals surface area contributed by atoms with Crippen molar-refractivity contribution in [3.05, 3.63) is 87.9 Å². The summed E-state index contributed by atoms with van der Waals surface area (Å²) in [5, 5.41) is 2.74. The zero-order valence-corrected chi connectivity index (χ0v) is 16.7. The van der Waals surface area contributed by atoms with Gasteiger partial charge in [0.15, 0.2) is 0 Å². The lowest BCUT2D eigenvalue weighted by Crippen LogP contribution is -2.28. The first kappa shape index (κ1) is 18.8. The molecule has 144 valence electrons. The Labute approximate surface area is 174 Å². The number of rotatable bonds is 5. The zero-order valence-electron chi connectivity index (χ0n) is 15.1. The summed E-state index contributed by atoms with van der Waals surface area (Å²) in [6.45, 7) is -0.127. The molecule has 4 aromatic rings. The number of benzene rings is 2. The molecule has 2 heterocycles. The van der Waals surface area contributed by atoms with E-state index in [1.165, 1.54) is 17.0 Å². The van der Waals surface area contributed by atoms with Crippen molar-refractivity contribution in [1.29, 1.82) is 0 Å². The van der Waals surface area contributed by atoms with Crippen LogP contribution in [0.1, 0.15) is 0 Å². The normalized spacial score (nSPS) is 10.7. The van der Waals surface area contributed by atoms with Crippen molar-refractivity contribution in [2.45, 2.75) is 6.54 Å². The van der Waals surface area contributed by atoms with Crippen molar-refractivity contribution >= 4 is 38.6 Å². The number of nitrogens with one attached hydrogen (secondary N) is 1. The van der Waals surface area contributed by atoms with E-state index in [0.29, 0.717) is 28.4 Å². The van der Waals surface area contributed by atoms with E-state index < -0.39 is 0 Å². The Balaban J connectivity index is 1.45. The summed E-state index contributed by atoms with van der Waals surface area (Å²) in [4.78, 5) is 32.9. The molecule has 2 aromatic carbocycles. The molecule has 1 amide bonds. The number of halogens is 1. The quantitative estimate of drug-likeness (QED) is 0.496. The van der Waals surface area contributed by atoms with Crippen LogP contribution in [0.3, 0.4) is 0 Å². The van der Waals surface area contributed by atoms with Gasteiger partial charge in [0, 0.05) is 10.5 Å². The number of amides is 1. The first-order chi connectivity index (χ1) is 14.1. The number of pyridine rings is 1. The number of para-hydroxylation sites is 2. The first-order valence-corrected chi connectivity index (χ1v) is 9.52. The van der Waals surface area contributed by atoms with Gasteiger partial charge in [-0.1, -0.05) is 34.1 Å². The molecular formula is C21H15BrN4O3. The van der Waals surface area contributed by atoms with Crippen LogP contribution in [-0.2, 0) is 11.3 Å². The third-order valence-electron chi connectivity index (χ3n) is 4.09. The SMILES string of the molecule is O=C(Cn1c(=O)cnc2ccccc21)Nc1ccc(Oc2cccc(Br)c2)nc1. The lowest BCUT2D eigenvalue weighted by atomic mass is 10.3. The van der Waals surface area contributed by atoms with Crippen LogP contribution < -0.4 is 15.6 Å². The molecule has 0 spiro atoms. The fourth-order valence-corrected chi connectivity index (χ4v) is 3.17. The van der Waals surface area contributed by atoms with E-state index in [-0.39, 0.29) is 18.0 Å². The first-order valence-electron chi connectivity index (χ1n) is 8.72. The van der Waals surface area contributed by atoms with Gasteiger partial charge in [0.05, 0.1) is 29.1 Å². The van der Waals surface area contributed by atoms with Gasteiger partial charge >= 0.3 is 0 Å². The van der Waals surface area contributed by atoms with Gasteiger partial charge in [-0.25, -0.2) is 9.97 Å². The Morgan fingerprint density at radius 2 is 1.90 bits per heavy atom. The minimum Gasteiger partial charge on any atom is -0.439 e.